The van der Waals surface area contributed by atoms with Crippen LogP contribution in [0.1, 0.15) is 23.2 Å². The highest BCUT2D eigenvalue weighted by atomic mass is 16.5. The summed E-state index contributed by atoms with van der Waals surface area (Å²) in [6.07, 6.45) is 5.34. The van der Waals surface area contributed by atoms with Crippen molar-refractivity contribution in [3.63, 3.8) is 0 Å². The normalized spacial score (nSPS) is 16.8. The zero-order valence-electron chi connectivity index (χ0n) is 13.9. The van der Waals surface area contributed by atoms with Crippen LogP contribution in [0.25, 0.3) is 11.4 Å². The summed E-state index contributed by atoms with van der Waals surface area (Å²) >= 11 is 0. The molecular formula is C17H21N5O2. The van der Waals surface area contributed by atoms with Crippen LogP contribution in [0.15, 0.2) is 30.6 Å². The van der Waals surface area contributed by atoms with Gasteiger partial charge in [-0.05, 0) is 25.0 Å². The molecule has 1 aliphatic rings. The Morgan fingerprint density at radius 3 is 2.92 bits per heavy atom. The van der Waals surface area contributed by atoms with Gasteiger partial charge in [-0.1, -0.05) is 6.07 Å². The van der Waals surface area contributed by atoms with E-state index in [-0.39, 0.29) is 12.0 Å². The van der Waals surface area contributed by atoms with Crippen molar-refractivity contribution in [2.45, 2.75) is 18.9 Å². The van der Waals surface area contributed by atoms with Crippen LogP contribution in [0.2, 0.25) is 0 Å². The lowest BCUT2D eigenvalue weighted by Gasteiger charge is -2.15. The van der Waals surface area contributed by atoms with E-state index in [1.807, 2.05) is 32.3 Å². The molecule has 126 valence electrons. The van der Waals surface area contributed by atoms with Crippen LogP contribution in [0.4, 0.5) is 5.95 Å². The number of anilines is 1. The third-order valence-electron chi connectivity index (χ3n) is 3.84. The van der Waals surface area contributed by atoms with Crippen molar-refractivity contribution < 1.29 is 9.53 Å². The van der Waals surface area contributed by atoms with Crippen LogP contribution >= 0.6 is 0 Å². The molecule has 3 rings (SSSR count). The predicted octanol–water partition coefficient (Wildman–Crippen LogP) is 1.51. The molecule has 7 nitrogen and oxygen atoms in total. The molecule has 0 aromatic carbocycles. The third kappa shape index (κ3) is 3.68. The van der Waals surface area contributed by atoms with E-state index in [9.17, 15) is 4.79 Å². The average Bonchev–Trinajstić information content (AvgIpc) is 3.13. The van der Waals surface area contributed by atoms with Gasteiger partial charge in [0, 0.05) is 39.6 Å². The number of hydrogen-bond acceptors (Lipinski definition) is 6. The van der Waals surface area contributed by atoms with Crippen molar-refractivity contribution in [1.29, 1.82) is 0 Å². The molecule has 0 saturated carbocycles. The molecule has 2 aromatic rings. The van der Waals surface area contributed by atoms with Gasteiger partial charge in [0.25, 0.3) is 5.91 Å². The smallest absolute Gasteiger partial charge is 0.255 e. The molecule has 1 saturated heterocycles. The van der Waals surface area contributed by atoms with Crippen LogP contribution in [0.3, 0.4) is 0 Å². The van der Waals surface area contributed by atoms with Gasteiger partial charge in [-0.15, -0.1) is 0 Å². The summed E-state index contributed by atoms with van der Waals surface area (Å²) in [5.41, 5.74) is 1.58. The molecule has 0 spiro atoms. The van der Waals surface area contributed by atoms with Gasteiger partial charge < -0.3 is 15.0 Å². The van der Waals surface area contributed by atoms with Crippen molar-refractivity contribution in [3.8, 4) is 11.4 Å². The Kier molecular flexibility index (Phi) is 5.00. The minimum absolute atomic E-state index is 0.0919. The zero-order valence-corrected chi connectivity index (χ0v) is 13.9. The summed E-state index contributed by atoms with van der Waals surface area (Å²) in [5, 5.41) is 2.91. The minimum atomic E-state index is -0.212. The van der Waals surface area contributed by atoms with Crippen LogP contribution in [0.5, 0.6) is 0 Å². The number of pyridine rings is 1. The third-order valence-corrected chi connectivity index (χ3v) is 3.84. The predicted molar refractivity (Wildman–Crippen MR) is 90.9 cm³/mol. The molecule has 1 fully saturated rings. The number of rotatable bonds is 5. The van der Waals surface area contributed by atoms with Gasteiger partial charge >= 0.3 is 0 Å². The molecule has 1 atom stereocenters. The molecule has 2 aromatic heterocycles. The first-order chi connectivity index (χ1) is 11.6. The van der Waals surface area contributed by atoms with E-state index in [1.165, 1.54) is 0 Å². The fourth-order valence-corrected chi connectivity index (χ4v) is 2.56. The van der Waals surface area contributed by atoms with Crippen molar-refractivity contribution in [2.75, 3.05) is 32.1 Å². The van der Waals surface area contributed by atoms with Crippen molar-refractivity contribution in [2.24, 2.45) is 0 Å². The number of nitrogens with zero attached hydrogens (tertiary/aromatic N) is 4. The summed E-state index contributed by atoms with van der Waals surface area (Å²) in [6, 6.07) is 5.53. The lowest BCUT2D eigenvalue weighted by atomic mass is 10.1. The Bertz CT molecular complexity index is 699. The van der Waals surface area contributed by atoms with Gasteiger partial charge in [0.2, 0.25) is 5.95 Å². The fourth-order valence-electron chi connectivity index (χ4n) is 2.56. The minimum Gasteiger partial charge on any atom is -0.376 e. The van der Waals surface area contributed by atoms with Crippen molar-refractivity contribution in [1.82, 2.24) is 20.3 Å². The number of aromatic nitrogens is 3. The highest BCUT2D eigenvalue weighted by Gasteiger charge is 2.20. The maximum atomic E-state index is 12.6. The fraction of sp³-hybridized carbons (Fsp3) is 0.412. The van der Waals surface area contributed by atoms with E-state index < -0.39 is 0 Å². The monoisotopic (exact) mass is 327 g/mol. The van der Waals surface area contributed by atoms with Crippen molar-refractivity contribution >= 4 is 11.9 Å². The summed E-state index contributed by atoms with van der Waals surface area (Å²) in [6.45, 7) is 1.26. The lowest BCUT2D eigenvalue weighted by molar-refractivity contribution is 0.0857. The van der Waals surface area contributed by atoms with E-state index in [0.29, 0.717) is 29.4 Å². The number of hydrogen-bond donors (Lipinski definition) is 1. The molecule has 3 heterocycles. The van der Waals surface area contributed by atoms with E-state index >= 15 is 0 Å². The van der Waals surface area contributed by atoms with Gasteiger partial charge in [0.1, 0.15) is 5.69 Å². The summed E-state index contributed by atoms with van der Waals surface area (Å²) in [7, 11) is 3.71. The summed E-state index contributed by atoms with van der Waals surface area (Å²) in [5.74, 6) is 0.322. The zero-order chi connectivity index (χ0) is 16.9. The highest BCUT2D eigenvalue weighted by molar-refractivity contribution is 5.99. The molecule has 1 unspecified atom stereocenters. The first-order valence-electron chi connectivity index (χ1n) is 8.00. The Balaban J connectivity index is 1.86. The van der Waals surface area contributed by atoms with Crippen molar-refractivity contribution in [3.05, 3.63) is 36.2 Å². The molecule has 0 radical (unpaired) electrons. The Labute approximate surface area is 141 Å². The van der Waals surface area contributed by atoms with Crippen LogP contribution < -0.4 is 10.2 Å². The molecule has 24 heavy (non-hydrogen) atoms. The maximum absolute atomic E-state index is 12.6. The Hall–Kier alpha value is -2.54. The number of carbonyl (C=O) groups is 1. The summed E-state index contributed by atoms with van der Waals surface area (Å²) in [4.78, 5) is 27.5. The second-order valence-corrected chi connectivity index (χ2v) is 5.89. The Morgan fingerprint density at radius 2 is 2.25 bits per heavy atom. The van der Waals surface area contributed by atoms with E-state index in [1.54, 1.807) is 17.3 Å². The maximum Gasteiger partial charge on any atom is 0.255 e. The molecule has 1 N–H and O–H groups in total. The number of carbonyl (C=O) groups excluding carboxylic acids is 1. The van der Waals surface area contributed by atoms with E-state index in [2.05, 4.69) is 20.3 Å². The molecule has 1 aliphatic heterocycles. The SMILES string of the molecule is CN(C)c1ncc(C(=O)NCC2CCCO2)c(-c2ccccn2)n1. The first-order valence-corrected chi connectivity index (χ1v) is 8.00. The second-order valence-electron chi connectivity index (χ2n) is 5.89. The Morgan fingerprint density at radius 1 is 1.38 bits per heavy atom. The van der Waals surface area contributed by atoms with Gasteiger partial charge in [-0.25, -0.2) is 9.97 Å². The van der Waals surface area contributed by atoms with E-state index in [4.69, 9.17) is 4.74 Å². The molecule has 0 bridgehead atoms. The van der Waals surface area contributed by atoms with E-state index in [0.717, 1.165) is 19.4 Å². The first kappa shape index (κ1) is 16.3. The molecule has 7 heteroatoms. The highest BCUT2D eigenvalue weighted by Crippen LogP contribution is 2.21. The number of ether oxygens (including phenoxy) is 1. The summed E-state index contributed by atoms with van der Waals surface area (Å²) < 4.78 is 5.54. The van der Waals surface area contributed by atoms with Gasteiger partial charge in [0.15, 0.2) is 0 Å². The number of amides is 1. The lowest BCUT2D eigenvalue weighted by Crippen LogP contribution is -2.32. The molecule has 0 aliphatic carbocycles. The average molecular weight is 327 g/mol. The molecular weight excluding hydrogens is 306 g/mol. The van der Waals surface area contributed by atoms with Gasteiger partial charge in [-0.2, -0.15) is 0 Å². The quantitative estimate of drug-likeness (QED) is 0.897. The van der Waals surface area contributed by atoms with Crippen LogP contribution in [-0.2, 0) is 4.74 Å². The van der Waals surface area contributed by atoms with Crippen LogP contribution in [0, 0.1) is 0 Å². The molecule has 1 amide bonds. The standard InChI is InChI=1S/C17H21N5O2/c1-22(2)17-20-11-13(15(21-17)14-7-3-4-8-18-14)16(23)19-10-12-6-5-9-24-12/h3-4,7-8,11-12H,5-6,9-10H2,1-2H3,(H,19,23). The topological polar surface area (TPSA) is 80.2 Å². The largest absolute Gasteiger partial charge is 0.376 e. The van der Waals surface area contributed by atoms with Gasteiger partial charge in [0.05, 0.1) is 17.4 Å². The second kappa shape index (κ2) is 7.35. The number of nitrogens with one attached hydrogen (secondary N) is 1. The van der Waals surface area contributed by atoms with Gasteiger partial charge in [-0.3, -0.25) is 9.78 Å². The van der Waals surface area contributed by atoms with Crippen LogP contribution in [-0.4, -0.2) is 54.2 Å².